The molecule has 138 valence electrons. The van der Waals surface area contributed by atoms with E-state index in [1.165, 1.54) is 11.6 Å². The van der Waals surface area contributed by atoms with Crippen molar-refractivity contribution in [3.8, 4) is 17.2 Å². The SMILES string of the molecule is Cc1ccc(-n2nc(C)nc2-c2cc3c(=O)n(C)c(=O)n(C)c3n2C)cc1. The Kier molecular flexibility index (Phi) is 3.66. The van der Waals surface area contributed by atoms with Gasteiger partial charge in [0, 0.05) is 21.1 Å². The summed E-state index contributed by atoms with van der Waals surface area (Å²) >= 11 is 0. The molecule has 8 heteroatoms. The van der Waals surface area contributed by atoms with Crippen LogP contribution < -0.4 is 11.2 Å². The molecule has 27 heavy (non-hydrogen) atoms. The lowest BCUT2D eigenvalue weighted by Gasteiger charge is -2.09. The molecule has 4 aromatic rings. The number of aromatic nitrogens is 6. The van der Waals surface area contributed by atoms with E-state index < -0.39 is 0 Å². The van der Waals surface area contributed by atoms with Crippen LogP contribution in [0.15, 0.2) is 39.9 Å². The molecular formula is C19H20N6O2. The molecule has 0 aliphatic carbocycles. The Balaban J connectivity index is 2.05. The highest BCUT2D eigenvalue weighted by molar-refractivity contribution is 5.82. The van der Waals surface area contributed by atoms with Crippen molar-refractivity contribution in [2.24, 2.45) is 21.1 Å². The number of benzene rings is 1. The van der Waals surface area contributed by atoms with Gasteiger partial charge in [-0.3, -0.25) is 13.9 Å². The number of fused-ring (bicyclic) bond motifs is 1. The van der Waals surface area contributed by atoms with Gasteiger partial charge in [-0.2, -0.15) is 5.10 Å². The van der Waals surface area contributed by atoms with Crippen molar-refractivity contribution in [3.05, 3.63) is 62.6 Å². The fraction of sp³-hybridized carbons (Fsp3) is 0.263. The van der Waals surface area contributed by atoms with Gasteiger partial charge in [0.2, 0.25) is 0 Å². The summed E-state index contributed by atoms with van der Waals surface area (Å²) in [4.78, 5) is 29.5. The molecule has 0 saturated carbocycles. The van der Waals surface area contributed by atoms with Crippen molar-refractivity contribution in [1.82, 2.24) is 28.5 Å². The van der Waals surface area contributed by atoms with Crippen LogP contribution in [0.25, 0.3) is 28.2 Å². The van der Waals surface area contributed by atoms with Gasteiger partial charge in [-0.05, 0) is 32.0 Å². The number of rotatable bonds is 2. The van der Waals surface area contributed by atoms with Crippen LogP contribution in [0, 0.1) is 13.8 Å². The number of aryl methyl sites for hydroxylation is 4. The standard InChI is InChI=1S/C19H20N6O2/c1-11-6-8-13(9-7-11)25-16(20-12(2)21-25)15-10-14-17(22(15)3)23(4)19(27)24(5)18(14)26/h6-10H,1-5H3. The van der Waals surface area contributed by atoms with E-state index in [2.05, 4.69) is 10.1 Å². The topological polar surface area (TPSA) is 79.6 Å². The van der Waals surface area contributed by atoms with Gasteiger partial charge in [-0.25, -0.2) is 14.5 Å². The first-order valence-corrected chi connectivity index (χ1v) is 8.56. The minimum atomic E-state index is -0.364. The summed E-state index contributed by atoms with van der Waals surface area (Å²) in [7, 11) is 4.96. The second-order valence-electron chi connectivity index (χ2n) is 6.76. The Morgan fingerprint density at radius 1 is 0.889 bits per heavy atom. The Hall–Kier alpha value is -3.42. The molecular weight excluding hydrogens is 344 g/mol. The Morgan fingerprint density at radius 2 is 1.56 bits per heavy atom. The van der Waals surface area contributed by atoms with Crippen LogP contribution in [0.5, 0.6) is 0 Å². The molecule has 0 saturated heterocycles. The minimum Gasteiger partial charge on any atom is -0.327 e. The maximum Gasteiger partial charge on any atom is 0.332 e. The zero-order valence-electron chi connectivity index (χ0n) is 15.9. The normalized spacial score (nSPS) is 11.4. The van der Waals surface area contributed by atoms with Crippen LogP contribution in [-0.2, 0) is 21.1 Å². The highest BCUT2D eigenvalue weighted by Gasteiger charge is 2.20. The van der Waals surface area contributed by atoms with E-state index in [0.29, 0.717) is 28.4 Å². The first kappa shape index (κ1) is 17.0. The molecule has 0 radical (unpaired) electrons. The van der Waals surface area contributed by atoms with E-state index in [1.54, 1.807) is 17.8 Å². The van der Waals surface area contributed by atoms with Crippen molar-refractivity contribution in [2.75, 3.05) is 0 Å². The molecule has 0 aliphatic rings. The fourth-order valence-electron chi connectivity index (χ4n) is 3.40. The zero-order valence-corrected chi connectivity index (χ0v) is 15.9. The van der Waals surface area contributed by atoms with E-state index in [0.717, 1.165) is 15.8 Å². The first-order chi connectivity index (χ1) is 12.8. The highest BCUT2D eigenvalue weighted by Crippen LogP contribution is 2.25. The summed E-state index contributed by atoms with van der Waals surface area (Å²) in [6, 6.07) is 9.74. The van der Waals surface area contributed by atoms with Crippen LogP contribution in [0.3, 0.4) is 0 Å². The van der Waals surface area contributed by atoms with E-state index >= 15 is 0 Å². The molecule has 0 bridgehead atoms. The summed E-state index contributed by atoms with van der Waals surface area (Å²) in [5, 5.41) is 4.98. The minimum absolute atomic E-state index is 0.326. The second-order valence-corrected chi connectivity index (χ2v) is 6.76. The van der Waals surface area contributed by atoms with Gasteiger partial charge in [0.15, 0.2) is 5.82 Å². The quantitative estimate of drug-likeness (QED) is 0.539. The highest BCUT2D eigenvalue weighted by atomic mass is 16.2. The van der Waals surface area contributed by atoms with Crippen molar-refractivity contribution in [1.29, 1.82) is 0 Å². The molecule has 0 unspecified atom stereocenters. The summed E-state index contributed by atoms with van der Waals surface area (Å²) < 4.78 is 6.15. The number of hydrogen-bond donors (Lipinski definition) is 0. The maximum absolute atomic E-state index is 12.6. The lowest BCUT2D eigenvalue weighted by Crippen LogP contribution is -2.37. The van der Waals surface area contributed by atoms with Crippen molar-refractivity contribution in [2.45, 2.75) is 13.8 Å². The number of nitrogens with zero attached hydrogens (tertiary/aromatic N) is 6. The van der Waals surface area contributed by atoms with Gasteiger partial charge in [0.25, 0.3) is 5.56 Å². The summed E-state index contributed by atoms with van der Waals surface area (Å²) in [5.74, 6) is 1.24. The average molecular weight is 364 g/mol. The monoisotopic (exact) mass is 364 g/mol. The fourth-order valence-corrected chi connectivity index (χ4v) is 3.40. The molecule has 0 spiro atoms. The lowest BCUT2D eigenvalue weighted by molar-refractivity contribution is 0.698. The average Bonchev–Trinajstić information content (AvgIpc) is 3.19. The van der Waals surface area contributed by atoms with Crippen LogP contribution in [0.1, 0.15) is 11.4 Å². The lowest BCUT2D eigenvalue weighted by atomic mass is 10.2. The van der Waals surface area contributed by atoms with E-state index in [9.17, 15) is 9.59 Å². The van der Waals surface area contributed by atoms with E-state index in [4.69, 9.17) is 0 Å². The van der Waals surface area contributed by atoms with Crippen molar-refractivity contribution < 1.29 is 0 Å². The van der Waals surface area contributed by atoms with E-state index in [-0.39, 0.29) is 11.2 Å². The van der Waals surface area contributed by atoms with Crippen LogP contribution in [0.2, 0.25) is 0 Å². The van der Waals surface area contributed by atoms with Gasteiger partial charge >= 0.3 is 5.69 Å². The predicted octanol–water partition coefficient (Wildman–Crippen LogP) is 1.44. The maximum atomic E-state index is 12.6. The molecule has 0 fully saturated rings. The van der Waals surface area contributed by atoms with Gasteiger partial charge in [0.1, 0.15) is 11.5 Å². The Labute approximate surface area is 154 Å². The van der Waals surface area contributed by atoms with Crippen LogP contribution >= 0.6 is 0 Å². The molecule has 3 heterocycles. The summed E-state index contributed by atoms with van der Waals surface area (Å²) in [6.45, 7) is 3.85. The van der Waals surface area contributed by atoms with Crippen LogP contribution in [-0.4, -0.2) is 28.5 Å². The van der Waals surface area contributed by atoms with Gasteiger partial charge < -0.3 is 4.57 Å². The molecule has 1 aromatic carbocycles. The zero-order chi connectivity index (χ0) is 19.5. The van der Waals surface area contributed by atoms with Crippen molar-refractivity contribution in [3.63, 3.8) is 0 Å². The van der Waals surface area contributed by atoms with Gasteiger partial charge in [-0.15, -0.1) is 0 Å². The molecule has 4 rings (SSSR count). The van der Waals surface area contributed by atoms with Gasteiger partial charge in [0.05, 0.1) is 16.8 Å². The molecule has 0 amide bonds. The molecule has 8 nitrogen and oxygen atoms in total. The third-order valence-electron chi connectivity index (χ3n) is 4.85. The molecule has 0 atom stereocenters. The van der Waals surface area contributed by atoms with Gasteiger partial charge in [-0.1, -0.05) is 17.7 Å². The smallest absolute Gasteiger partial charge is 0.327 e. The summed E-state index contributed by atoms with van der Waals surface area (Å²) in [6.07, 6.45) is 0. The van der Waals surface area contributed by atoms with Crippen molar-refractivity contribution >= 4 is 11.0 Å². The third-order valence-corrected chi connectivity index (χ3v) is 4.85. The van der Waals surface area contributed by atoms with Crippen LogP contribution in [0.4, 0.5) is 0 Å². The largest absolute Gasteiger partial charge is 0.332 e. The Morgan fingerprint density at radius 3 is 2.22 bits per heavy atom. The van der Waals surface area contributed by atoms with E-state index in [1.807, 2.05) is 49.7 Å². The Bertz CT molecular complexity index is 1300. The molecule has 3 aromatic heterocycles. The third kappa shape index (κ3) is 2.44. The summed E-state index contributed by atoms with van der Waals surface area (Å²) in [5.41, 5.74) is 2.60. The predicted molar refractivity (Wildman–Crippen MR) is 103 cm³/mol. The second kappa shape index (κ2) is 5.80. The first-order valence-electron chi connectivity index (χ1n) is 8.56. The number of hydrogen-bond acceptors (Lipinski definition) is 4. The molecule has 0 aliphatic heterocycles. The molecule has 0 N–H and O–H groups in total.